The van der Waals surface area contributed by atoms with Crippen LogP contribution in [0.25, 0.3) is 11.0 Å². The molecule has 1 aromatic heterocycles. The minimum atomic E-state index is -0.542. The molecule has 2 fully saturated rings. The van der Waals surface area contributed by atoms with Crippen molar-refractivity contribution < 1.29 is 14.3 Å². The Bertz CT molecular complexity index is 875. The summed E-state index contributed by atoms with van der Waals surface area (Å²) in [6.45, 7) is 6.05. The average Bonchev–Trinajstić information content (AvgIpc) is 3.25. The molecule has 2 aromatic rings. The van der Waals surface area contributed by atoms with Gasteiger partial charge in [-0.25, -0.2) is 9.78 Å². The SMILES string of the molecule is CC(C)c1nc2ccccc2n1CC(=O)N1CC[C@@]2(CN(C)C(=O)O2)C1. The molecule has 2 aliphatic rings. The maximum Gasteiger partial charge on any atom is 0.410 e. The zero-order valence-corrected chi connectivity index (χ0v) is 15.4. The van der Waals surface area contributed by atoms with Gasteiger partial charge >= 0.3 is 6.09 Å². The van der Waals surface area contributed by atoms with Gasteiger partial charge in [-0.2, -0.15) is 0 Å². The van der Waals surface area contributed by atoms with E-state index in [0.29, 0.717) is 26.1 Å². The first kappa shape index (κ1) is 16.9. The highest BCUT2D eigenvalue weighted by Gasteiger charge is 2.49. The molecule has 1 atom stereocenters. The molecule has 1 aromatic carbocycles. The van der Waals surface area contributed by atoms with Gasteiger partial charge in [0.05, 0.1) is 24.1 Å². The maximum absolute atomic E-state index is 13.0. The Balaban J connectivity index is 1.55. The number of hydrogen-bond donors (Lipinski definition) is 0. The van der Waals surface area contributed by atoms with Gasteiger partial charge in [0.1, 0.15) is 12.4 Å². The second kappa shape index (κ2) is 6.00. The van der Waals surface area contributed by atoms with Crippen LogP contribution in [0.15, 0.2) is 24.3 Å². The van der Waals surface area contributed by atoms with Gasteiger partial charge in [-0.15, -0.1) is 0 Å². The Hall–Kier alpha value is -2.57. The third kappa shape index (κ3) is 2.71. The van der Waals surface area contributed by atoms with Crippen LogP contribution in [0.2, 0.25) is 0 Å². The first-order chi connectivity index (χ1) is 12.4. The molecule has 138 valence electrons. The normalized spacial score (nSPS) is 22.8. The highest BCUT2D eigenvalue weighted by atomic mass is 16.6. The Kier molecular flexibility index (Phi) is 3.89. The van der Waals surface area contributed by atoms with Gasteiger partial charge in [0.2, 0.25) is 5.91 Å². The van der Waals surface area contributed by atoms with Crippen molar-refractivity contribution in [2.24, 2.45) is 0 Å². The number of benzene rings is 1. The zero-order chi connectivity index (χ0) is 18.5. The van der Waals surface area contributed by atoms with Crippen LogP contribution in [-0.2, 0) is 16.1 Å². The molecule has 1 spiro atoms. The van der Waals surface area contributed by atoms with E-state index >= 15 is 0 Å². The lowest BCUT2D eigenvalue weighted by Gasteiger charge is -2.22. The van der Waals surface area contributed by atoms with E-state index in [1.165, 1.54) is 0 Å². The van der Waals surface area contributed by atoms with Gasteiger partial charge in [0.25, 0.3) is 0 Å². The van der Waals surface area contributed by atoms with Crippen molar-refractivity contribution in [2.75, 3.05) is 26.7 Å². The lowest BCUT2D eigenvalue weighted by Crippen LogP contribution is -2.40. The molecular formula is C19H24N4O3. The van der Waals surface area contributed by atoms with E-state index in [1.807, 2.05) is 33.7 Å². The van der Waals surface area contributed by atoms with Crippen LogP contribution in [0.1, 0.15) is 32.0 Å². The number of nitrogens with zero attached hydrogens (tertiary/aromatic N) is 4. The van der Waals surface area contributed by atoms with Gasteiger partial charge in [-0.3, -0.25) is 4.79 Å². The topological polar surface area (TPSA) is 67.7 Å². The number of amides is 2. The number of ether oxygens (including phenoxy) is 1. The summed E-state index contributed by atoms with van der Waals surface area (Å²) in [5, 5.41) is 0. The quantitative estimate of drug-likeness (QED) is 0.846. The molecule has 0 unspecified atom stereocenters. The van der Waals surface area contributed by atoms with Crippen LogP contribution in [0.3, 0.4) is 0 Å². The summed E-state index contributed by atoms with van der Waals surface area (Å²) in [5.74, 6) is 1.18. The second-order valence-electron chi connectivity index (χ2n) is 7.67. The number of rotatable bonds is 3. The Morgan fingerprint density at radius 1 is 1.31 bits per heavy atom. The minimum absolute atomic E-state index is 0.0394. The first-order valence-corrected chi connectivity index (χ1v) is 9.06. The fraction of sp³-hybridized carbons (Fsp3) is 0.526. The summed E-state index contributed by atoms with van der Waals surface area (Å²) in [6.07, 6.45) is 0.387. The summed E-state index contributed by atoms with van der Waals surface area (Å²) in [6, 6.07) is 7.90. The van der Waals surface area contributed by atoms with Crippen molar-refractivity contribution in [1.29, 1.82) is 0 Å². The van der Waals surface area contributed by atoms with Crippen LogP contribution in [0.5, 0.6) is 0 Å². The van der Waals surface area contributed by atoms with Crippen molar-refractivity contribution in [3.63, 3.8) is 0 Å². The standard InChI is InChI=1S/C19H24N4O3/c1-13(2)17-20-14-6-4-5-7-15(14)23(17)10-16(24)22-9-8-19(12-22)11-21(3)18(25)26-19/h4-7,13H,8-12H2,1-3H3/t19-/m1/s1. The third-order valence-corrected chi connectivity index (χ3v) is 5.30. The molecule has 26 heavy (non-hydrogen) atoms. The molecular weight excluding hydrogens is 332 g/mol. The molecule has 7 heteroatoms. The number of carbonyl (C=O) groups is 2. The van der Waals surface area contributed by atoms with E-state index in [1.54, 1.807) is 11.9 Å². The van der Waals surface area contributed by atoms with E-state index in [2.05, 4.69) is 13.8 Å². The summed E-state index contributed by atoms with van der Waals surface area (Å²) in [7, 11) is 1.73. The predicted molar refractivity (Wildman–Crippen MR) is 96.9 cm³/mol. The number of likely N-dealkylation sites (tertiary alicyclic amines) is 1. The number of hydrogen-bond acceptors (Lipinski definition) is 4. The highest BCUT2D eigenvalue weighted by molar-refractivity contribution is 5.82. The van der Waals surface area contributed by atoms with Crippen molar-refractivity contribution >= 4 is 23.0 Å². The minimum Gasteiger partial charge on any atom is -0.439 e. The summed E-state index contributed by atoms with van der Waals surface area (Å²) in [5.41, 5.74) is 1.35. The third-order valence-electron chi connectivity index (χ3n) is 5.30. The van der Waals surface area contributed by atoms with E-state index in [0.717, 1.165) is 16.9 Å². The first-order valence-electron chi connectivity index (χ1n) is 9.06. The van der Waals surface area contributed by atoms with Gasteiger partial charge in [-0.1, -0.05) is 26.0 Å². The van der Waals surface area contributed by atoms with Gasteiger partial charge < -0.3 is 19.1 Å². The second-order valence-corrected chi connectivity index (χ2v) is 7.67. The van der Waals surface area contributed by atoms with Crippen LogP contribution in [-0.4, -0.2) is 63.6 Å². The van der Waals surface area contributed by atoms with E-state index in [9.17, 15) is 9.59 Å². The lowest BCUT2D eigenvalue weighted by atomic mass is 10.0. The predicted octanol–water partition coefficient (Wildman–Crippen LogP) is 2.21. The largest absolute Gasteiger partial charge is 0.439 e. The number of para-hydroxylation sites is 2. The molecule has 0 bridgehead atoms. The maximum atomic E-state index is 13.0. The molecule has 0 aliphatic carbocycles. The van der Waals surface area contributed by atoms with E-state index in [-0.39, 0.29) is 24.5 Å². The van der Waals surface area contributed by atoms with Crippen LogP contribution < -0.4 is 0 Å². The van der Waals surface area contributed by atoms with Crippen molar-refractivity contribution in [2.45, 2.75) is 38.3 Å². The number of fused-ring (bicyclic) bond motifs is 1. The molecule has 0 N–H and O–H groups in total. The summed E-state index contributed by atoms with van der Waals surface area (Å²) < 4.78 is 7.56. The molecule has 3 heterocycles. The lowest BCUT2D eigenvalue weighted by molar-refractivity contribution is -0.131. The smallest absolute Gasteiger partial charge is 0.410 e. The zero-order valence-electron chi connectivity index (χ0n) is 15.4. The molecule has 0 radical (unpaired) electrons. The van der Waals surface area contributed by atoms with E-state index < -0.39 is 5.60 Å². The molecule has 2 saturated heterocycles. The molecule has 2 amide bonds. The van der Waals surface area contributed by atoms with Crippen molar-refractivity contribution in [3.05, 3.63) is 30.1 Å². The van der Waals surface area contributed by atoms with Crippen molar-refractivity contribution in [1.82, 2.24) is 19.4 Å². The molecule has 7 nitrogen and oxygen atoms in total. The average molecular weight is 356 g/mol. The number of aromatic nitrogens is 2. The van der Waals surface area contributed by atoms with E-state index in [4.69, 9.17) is 9.72 Å². The molecule has 2 aliphatic heterocycles. The number of imidazole rings is 1. The van der Waals surface area contributed by atoms with Gasteiger partial charge in [0, 0.05) is 25.9 Å². The fourth-order valence-corrected chi connectivity index (χ4v) is 4.00. The highest BCUT2D eigenvalue weighted by Crippen LogP contribution is 2.32. The molecule has 0 saturated carbocycles. The summed E-state index contributed by atoms with van der Waals surface area (Å²) >= 11 is 0. The fourth-order valence-electron chi connectivity index (χ4n) is 4.00. The Morgan fingerprint density at radius 2 is 2.08 bits per heavy atom. The van der Waals surface area contributed by atoms with Crippen LogP contribution >= 0.6 is 0 Å². The van der Waals surface area contributed by atoms with Gasteiger partial charge in [-0.05, 0) is 12.1 Å². The summed E-state index contributed by atoms with van der Waals surface area (Å²) in [4.78, 5) is 32.8. The Labute approximate surface area is 152 Å². The van der Waals surface area contributed by atoms with Crippen molar-refractivity contribution in [3.8, 4) is 0 Å². The number of likely N-dealkylation sites (N-methyl/N-ethyl adjacent to an activating group) is 1. The number of carbonyl (C=O) groups excluding carboxylic acids is 2. The van der Waals surface area contributed by atoms with Crippen LogP contribution in [0.4, 0.5) is 4.79 Å². The molecule has 4 rings (SSSR count). The van der Waals surface area contributed by atoms with Crippen LogP contribution in [0, 0.1) is 0 Å². The van der Waals surface area contributed by atoms with Gasteiger partial charge in [0.15, 0.2) is 5.60 Å². The Morgan fingerprint density at radius 3 is 2.77 bits per heavy atom. The monoisotopic (exact) mass is 356 g/mol.